The molecule has 0 aliphatic carbocycles. The highest BCUT2D eigenvalue weighted by molar-refractivity contribution is 5.76. The maximum absolute atomic E-state index is 12.7. The highest BCUT2D eigenvalue weighted by Crippen LogP contribution is 2.26. The molecule has 1 saturated heterocycles. The van der Waals surface area contributed by atoms with Crippen molar-refractivity contribution in [3.05, 3.63) is 49.1 Å². The zero-order valence-corrected chi connectivity index (χ0v) is 16.2. The highest BCUT2D eigenvalue weighted by Gasteiger charge is 2.28. The van der Waals surface area contributed by atoms with E-state index in [0.29, 0.717) is 13.0 Å². The van der Waals surface area contributed by atoms with Crippen molar-refractivity contribution in [3.63, 3.8) is 0 Å². The number of piperidine rings is 1. The van der Waals surface area contributed by atoms with Gasteiger partial charge in [-0.05, 0) is 19.3 Å². The molecule has 3 aromatic rings. The third-order valence-electron chi connectivity index (χ3n) is 5.39. The number of aryl methyl sites for hydroxylation is 1. The van der Waals surface area contributed by atoms with Crippen LogP contribution in [0.4, 0.5) is 0 Å². The molecular formula is C19H26N8O. The molecule has 1 aliphatic heterocycles. The van der Waals surface area contributed by atoms with E-state index in [2.05, 4.69) is 24.7 Å². The van der Waals surface area contributed by atoms with Gasteiger partial charge >= 0.3 is 0 Å². The summed E-state index contributed by atoms with van der Waals surface area (Å²) in [6.07, 6.45) is 14.4. The number of hydrogen-bond acceptors (Lipinski definition) is 5. The quantitative estimate of drug-likeness (QED) is 0.617. The van der Waals surface area contributed by atoms with Crippen LogP contribution in [0.25, 0.3) is 0 Å². The number of hydrogen-bond donors (Lipinski definition) is 0. The van der Waals surface area contributed by atoms with E-state index in [1.54, 1.807) is 25.0 Å². The molecule has 4 heterocycles. The molecule has 9 nitrogen and oxygen atoms in total. The van der Waals surface area contributed by atoms with Crippen LogP contribution in [0.1, 0.15) is 43.3 Å². The van der Waals surface area contributed by atoms with Crippen LogP contribution in [0.5, 0.6) is 0 Å². The summed E-state index contributed by atoms with van der Waals surface area (Å²) in [4.78, 5) is 22.8. The average Bonchev–Trinajstić information content (AvgIpc) is 3.46. The molecule has 1 unspecified atom stereocenters. The fourth-order valence-electron chi connectivity index (χ4n) is 3.82. The van der Waals surface area contributed by atoms with Crippen LogP contribution in [0, 0.1) is 0 Å². The lowest BCUT2D eigenvalue weighted by atomic mass is 9.96. The monoisotopic (exact) mass is 382 g/mol. The Morgan fingerprint density at radius 1 is 1.14 bits per heavy atom. The molecular weight excluding hydrogens is 356 g/mol. The second-order valence-electron chi connectivity index (χ2n) is 7.35. The molecule has 1 atom stereocenters. The first-order valence-corrected chi connectivity index (χ1v) is 9.78. The van der Waals surface area contributed by atoms with Crippen LogP contribution in [-0.4, -0.2) is 57.8 Å². The summed E-state index contributed by atoms with van der Waals surface area (Å²) in [6.45, 7) is 3.03. The number of aromatic nitrogens is 7. The van der Waals surface area contributed by atoms with Gasteiger partial charge in [0.15, 0.2) is 5.82 Å². The minimum Gasteiger partial charge on any atom is -0.342 e. The van der Waals surface area contributed by atoms with E-state index < -0.39 is 0 Å². The van der Waals surface area contributed by atoms with Gasteiger partial charge in [-0.25, -0.2) is 9.97 Å². The van der Waals surface area contributed by atoms with Crippen LogP contribution >= 0.6 is 0 Å². The van der Waals surface area contributed by atoms with E-state index in [-0.39, 0.29) is 11.8 Å². The Bertz CT molecular complexity index is 883. The Balaban J connectivity index is 1.34. The average molecular weight is 382 g/mol. The lowest BCUT2D eigenvalue weighted by Gasteiger charge is -2.32. The van der Waals surface area contributed by atoms with E-state index in [0.717, 1.165) is 50.5 Å². The van der Waals surface area contributed by atoms with Gasteiger partial charge in [-0.15, -0.1) is 10.2 Å². The van der Waals surface area contributed by atoms with E-state index >= 15 is 0 Å². The molecule has 0 N–H and O–H groups in total. The molecule has 0 bridgehead atoms. The zero-order valence-electron chi connectivity index (χ0n) is 16.2. The predicted octanol–water partition coefficient (Wildman–Crippen LogP) is 1.44. The van der Waals surface area contributed by atoms with Crippen LogP contribution < -0.4 is 0 Å². The van der Waals surface area contributed by atoms with Crippen molar-refractivity contribution in [2.24, 2.45) is 7.05 Å². The second-order valence-corrected chi connectivity index (χ2v) is 7.35. The van der Waals surface area contributed by atoms with Crippen LogP contribution in [0.3, 0.4) is 0 Å². The van der Waals surface area contributed by atoms with Gasteiger partial charge in [0.05, 0.1) is 19.2 Å². The van der Waals surface area contributed by atoms with E-state index in [1.807, 2.05) is 33.5 Å². The lowest BCUT2D eigenvalue weighted by molar-refractivity contribution is -0.132. The zero-order chi connectivity index (χ0) is 19.3. The van der Waals surface area contributed by atoms with Crippen molar-refractivity contribution in [2.75, 3.05) is 13.1 Å². The summed E-state index contributed by atoms with van der Waals surface area (Å²) < 4.78 is 6.05. The van der Waals surface area contributed by atoms with Gasteiger partial charge in [0.2, 0.25) is 5.91 Å². The molecule has 3 aromatic heterocycles. The van der Waals surface area contributed by atoms with Crippen LogP contribution in [-0.2, 0) is 24.9 Å². The molecule has 9 heteroatoms. The van der Waals surface area contributed by atoms with Gasteiger partial charge in [-0.3, -0.25) is 4.79 Å². The number of nitrogens with zero attached hydrogens (tertiary/aromatic N) is 8. The van der Waals surface area contributed by atoms with Crippen molar-refractivity contribution in [3.8, 4) is 0 Å². The molecule has 0 spiro atoms. The number of amides is 1. The van der Waals surface area contributed by atoms with Gasteiger partial charge in [-0.2, -0.15) is 0 Å². The summed E-state index contributed by atoms with van der Waals surface area (Å²) in [5.74, 6) is 2.33. The fourth-order valence-corrected chi connectivity index (χ4v) is 3.82. The smallest absolute Gasteiger partial charge is 0.222 e. The Morgan fingerprint density at radius 3 is 2.68 bits per heavy atom. The summed E-state index contributed by atoms with van der Waals surface area (Å²) in [5, 5.41) is 8.81. The molecule has 0 saturated carbocycles. The SMILES string of the molecule is Cn1c(Cn2ccnc2)nnc1C1CCCN(C(=O)CCCn2ccnc2)C1. The summed E-state index contributed by atoms with van der Waals surface area (Å²) in [7, 11) is 2.01. The largest absolute Gasteiger partial charge is 0.342 e. The Kier molecular flexibility index (Phi) is 5.50. The second kappa shape index (κ2) is 8.37. The molecule has 4 rings (SSSR count). The first-order chi connectivity index (χ1) is 13.7. The maximum Gasteiger partial charge on any atom is 0.222 e. The van der Waals surface area contributed by atoms with Crippen molar-refractivity contribution in [1.82, 2.24) is 38.8 Å². The Labute approximate surface area is 164 Å². The third-order valence-corrected chi connectivity index (χ3v) is 5.39. The van der Waals surface area contributed by atoms with Gasteiger partial charge < -0.3 is 18.6 Å². The number of carbonyl (C=O) groups is 1. The van der Waals surface area contributed by atoms with E-state index in [9.17, 15) is 4.79 Å². The van der Waals surface area contributed by atoms with Crippen molar-refractivity contribution >= 4 is 5.91 Å². The maximum atomic E-state index is 12.7. The topological polar surface area (TPSA) is 86.7 Å². The standard InChI is InChI=1S/C19H26N8O/c1-24-17(13-26-11-7-21-15-26)22-23-19(24)16-4-2-9-27(12-16)18(28)5-3-8-25-10-6-20-14-25/h6-7,10-11,14-16H,2-5,8-9,12-13H2,1H3. The van der Waals surface area contributed by atoms with E-state index in [4.69, 9.17) is 0 Å². The summed E-state index contributed by atoms with van der Waals surface area (Å²) in [6, 6.07) is 0. The minimum absolute atomic E-state index is 0.227. The Hall–Kier alpha value is -2.97. The molecule has 0 radical (unpaired) electrons. The molecule has 28 heavy (non-hydrogen) atoms. The lowest BCUT2D eigenvalue weighted by Crippen LogP contribution is -2.39. The summed E-state index contributed by atoms with van der Waals surface area (Å²) in [5.41, 5.74) is 0. The normalized spacial score (nSPS) is 17.2. The van der Waals surface area contributed by atoms with Crippen LogP contribution in [0.2, 0.25) is 0 Å². The van der Waals surface area contributed by atoms with Gasteiger partial charge in [0.25, 0.3) is 0 Å². The first-order valence-electron chi connectivity index (χ1n) is 9.78. The van der Waals surface area contributed by atoms with Gasteiger partial charge in [-0.1, -0.05) is 0 Å². The minimum atomic E-state index is 0.227. The number of rotatable bonds is 7. The predicted molar refractivity (Wildman–Crippen MR) is 102 cm³/mol. The highest BCUT2D eigenvalue weighted by atomic mass is 16.2. The first kappa shape index (κ1) is 18.4. The number of imidazole rings is 2. The molecule has 1 amide bonds. The Morgan fingerprint density at radius 2 is 1.93 bits per heavy atom. The van der Waals surface area contributed by atoms with Crippen molar-refractivity contribution < 1.29 is 4.79 Å². The molecule has 0 aromatic carbocycles. The van der Waals surface area contributed by atoms with E-state index in [1.165, 1.54) is 0 Å². The van der Waals surface area contributed by atoms with Gasteiger partial charge in [0, 0.05) is 63.8 Å². The fraction of sp³-hybridized carbons (Fsp3) is 0.526. The van der Waals surface area contributed by atoms with Gasteiger partial charge in [0.1, 0.15) is 5.82 Å². The van der Waals surface area contributed by atoms with Crippen molar-refractivity contribution in [2.45, 2.75) is 44.7 Å². The van der Waals surface area contributed by atoms with Crippen LogP contribution in [0.15, 0.2) is 37.4 Å². The molecule has 1 aliphatic rings. The van der Waals surface area contributed by atoms with Crippen molar-refractivity contribution in [1.29, 1.82) is 0 Å². The number of carbonyl (C=O) groups excluding carboxylic acids is 1. The molecule has 148 valence electrons. The summed E-state index contributed by atoms with van der Waals surface area (Å²) >= 11 is 0. The number of likely N-dealkylation sites (tertiary alicyclic amines) is 1. The molecule has 1 fully saturated rings. The third kappa shape index (κ3) is 4.13.